The summed E-state index contributed by atoms with van der Waals surface area (Å²) in [5.41, 5.74) is 4.59. The predicted molar refractivity (Wildman–Crippen MR) is 104 cm³/mol. The molecule has 3 aromatic heterocycles. The first-order valence-corrected chi connectivity index (χ1v) is 8.83. The lowest BCUT2D eigenvalue weighted by Crippen LogP contribution is -2.15. The largest absolute Gasteiger partial charge is 0.481 e. The second-order valence-electron chi connectivity index (χ2n) is 6.06. The number of hydrogen-bond donors (Lipinski definition) is 0. The van der Waals surface area contributed by atoms with Crippen LogP contribution in [0.2, 0.25) is 0 Å². The van der Waals surface area contributed by atoms with Crippen LogP contribution in [0.25, 0.3) is 22.3 Å². The number of benzene rings is 1. The molecule has 4 aromatic rings. The van der Waals surface area contributed by atoms with Gasteiger partial charge >= 0.3 is 0 Å². The molecular weight excluding hydrogens is 340 g/mol. The first-order valence-electron chi connectivity index (χ1n) is 8.83. The van der Waals surface area contributed by atoms with Gasteiger partial charge in [0.25, 0.3) is 0 Å². The molecule has 0 amide bonds. The van der Waals surface area contributed by atoms with Gasteiger partial charge in [0.15, 0.2) is 11.5 Å². The molecule has 0 aliphatic carbocycles. The monoisotopic (exact) mass is 360 g/mol. The van der Waals surface area contributed by atoms with Crippen LogP contribution in [0.1, 0.15) is 18.3 Å². The van der Waals surface area contributed by atoms with Gasteiger partial charge in [-0.05, 0) is 24.6 Å². The summed E-state index contributed by atoms with van der Waals surface area (Å²) in [7, 11) is 1.60. The fourth-order valence-electron chi connectivity index (χ4n) is 2.98. The molecule has 136 valence electrons. The SMILES string of the molecule is CCOn1c(Cc2ccccc2)nc2cc(-c3ccc(OC)nc3)cnc21. The normalized spacial score (nSPS) is 10.9. The Hall–Kier alpha value is -3.41. The van der Waals surface area contributed by atoms with Gasteiger partial charge in [-0.1, -0.05) is 30.3 Å². The van der Waals surface area contributed by atoms with E-state index >= 15 is 0 Å². The van der Waals surface area contributed by atoms with Crippen LogP contribution in [0.5, 0.6) is 5.88 Å². The molecule has 0 atom stereocenters. The zero-order valence-corrected chi connectivity index (χ0v) is 15.3. The maximum atomic E-state index is 5.80. The summed E-state index contributed by atoms with van der Waals surface area (Å²) in [6, 6.07) is 16.0. The fraction of sp³-hybridized carbons (Fsp3) is 0.190. The molecule has 0 saturated carbocycles. The Morgan fingerprint density at radius 3 is 2.48 bits per heavy atom. The van der Waals surface area contributed by atoms with Crippen LogP contribution >= 0.6 is 0 Å². The van der Waals surface area contributed by atoms with Gasteiger partial charge < -0.3 is 9.57 Å². The van der Waals surface area contributed by atoms with E-state index in [9.17, 15) is 0 Å². The molecule has 4 rings (SSSR count). The zero-order chi connectivity index (χ0) is 18.6. The molecule has 0 aliphatic heterocycles. The van der Waals surface area contributed by atoms with E-state index in [1.807, 2.05) is 49.5 Å². The lowest BCUT2D eigenvalue weighted by molar-refractivity contribution is 0.123. The number of hydrogen-bond acceptors (Lipinski definition) is 5. The highest BCUT2D eigenvalue weighted by Crippen LogP contribution is 2.24. The highest BCUT2D eigenvalue weighted by Gasteiger charge is 2.15. The first kappa shape index (κ1) is 17.0. The van der Waals surface area contributed by atoms with Crippen LogP contribution in [0.3, 0.4) is 0 Å². The lowest BCUT2D eigenvalue weighted by atomic mass is 10.1. The highest BCUT2D eigenvalue weighted by molar-refractivity contribution is 5.78. The van der Waals surface area contributed by atoms with Gasteiger partial charge in [-0.15, -0.1) is 4.73 Å². The van der Waals surface area contributed by atoms with E-state index in [0.717, 1.165) is 22.5 Å². The van der Waals surface area contributed by atoms with Crippen molar-refractivity contribution < 1.29 is 9.57 Å². The fourth-order valence-corrected chi connectivity index (χ4v) is 2.98. The lowest BCUT2D eigenvalue weighted by Gasteiger charge is -2.08. The molecule has 3 heterocycles. The van der Waals surface area contributed by atoms with Crippen LogP contribution in [-0.4, -0.2) is 33.4 Å². The first-order chi connectivity index (χ1) is 13.3. The number of pyridine rings is 2. The van der Waals surface area contributed by atoms with Crippen molar-refractivity contribution in [3.8, 4) is 17.0 Å². The van der Waals surface area contributed by atoms with Gasteiger partial charge in [-0.2, -0.15) is 0 Å². The van der Waals surface area contributed by atoms with Crippen molar-refractivity contribution >= 4 is 11.2 Å². The van der Waals surface area contributed by atoms with Crippen LogP contribution < -0.4 is 9.57 Å². The molecular formula is C21H20N4O2. The van der Waals surface area contributed by atoms with E-state index in [-0.39, 0.29) is 0 Å². The van der Waals surface area contributed by atoms with Crippen molar-refractivity contribution in [2.45, 2.75) is 13.3 Å². The number of aromatic nitrogens is 4. The molecule has 0 N–H and O–H groups in total. The summed E-state index contributed by atoms with van der Waals surface area (Å²) in [5.74, 6) is 1.41. The van der Waals surface area contributed by atoms with Gasteiger partial charge in [-0.3, -0.25) is 0 Å². The summed E-state index contributed by atoms with van der Waals surface area (Å²) in [4.78, 5) is 19.4. The van der Waals surface area contributed by atoms with Crippen molar-refractivity contribution in [2.24, 2.45) is 0 Å². The molecule has 1 aromatic carbocycles. The second-order valence-corrected chi connectivity index (χ2v) is 6.06. The number of nitrogens with zero attached hydrogens (tertiary/aromatic N) is 4. The maximum Gasteiger partial charge on any atom is 0.212 e. The highest BCUT2D eigenvalue weighted by atomic mass is 16.7. The summed E-state index contributed by atoms with van der Waals surface area (Å²) in [6.45, 7) is 2.49. The third-order valence-corrected chi connectivity index (χ3v) is 4.27. The van der Waals surface area contributed by atoms with Crippen molar-refractivity contribution in [1.29, 1.82) is 0 Å². The Kier molecular flexibility index (Phi) is 4.70. The van der Waals surface area contributed by atoms with Crippen LogP contribution in [0, 0.1) is 0 Å². The summed E-state index contributed by atoms with van der Waals surface area (Å²) < 4.78 is 6.85. The van der Waals surface area contributed by atoms with E-state index in [1.165, 1.54) is 5.56 Å². The third-order valence-electron chi connectivity index (χ3n) is 4.27. The predicted octanol–water partition coefficient (Wildman–Crippen LogP) is 3.54. The van der Waals surface area contributed by atoms with E-state index in [0.29, 0.717) is 24.6 Å². The van der Waals surface area contributed by atoms with Crippen LogP contribution in [0.15, 0.2) is 60.9 Å². The Morgan fingerprint density at radius 1 is 0.963 bits per heavy atom. The standard InChI is InChI=1S/C21H20N4O2/c1-3-27-25-19(11-15-7-5-4-6-8-15)24-18-12-17(14-23-21(18)25)16-9-10-20(26-2)22-13-16/h4-10,12-14H,3,11H2,1-2H3. The average molecular weight is 360 g/mol. The zero-order valence-electron chi connectivity index (χ0n) is 15.3. The number of fused-ring (bicyclic) bond motifs is 1. The van der Waals surface area contributed by atoms with Gasteiger partial charge in [0.2, 0.25) is 5.88 Å². The maximum absolute atomic E-state index is 5.80. The molecule has 0 unspecified atom stereocenters. The second kappa shape index (κ2) is 7.45. The molecule has 6 nitrogen and oxygen atoms in total. The van der Waals surface area contributed by atoms with Gasteiger partial charge in [-0.25, -0.2) is 15.0 Å². The average Bonchev–Trinajstić information content (AvgIpc) is 3.05. The number of methoxy groups -OCH3 is 1. The van der Waals surface area contributed by atoms with Crippen molar-refractivity contribution in [2.75, 3.05) is 13.7 Å². The molecule has 0 spiro atoms. The molecule has 0 aliphatic rings. The van der Waals surface area contributed by atoms with Crippen LogP contribution in [-0.2, 0) is 6.42 Å². The van der Waals surface area contributed by atoms with Crippen molar-refractivity contribution in [1.82, 2.24) is 19.7 Å². The third kappa shape index (κ3) is 3.46. The van der Waals surface area contributed by atoms with E-state index < -0.39 is 0 Å². The summed E-state index contributed by atoms with van der Waals surface area (Å²) in [5, 5.41) is 0. The smallest absolute Gasteiger partial charge is 0.212 e. The Morgan fingerprint density at radius 2 is 1.78 bits per heavy atom. The number of imidazole rings is 1. The van der Waals surface area contributed by atoms with Crippen molar-refractivity contribution in [3.63, 3.8) is 0 Å². The van der Waals surface area contributed by atoms with Crippen LogP contribution in [0.4, 0.5) is 0 Å². The quantitative estimate of drug-likeness (QED) is 0.526. The molecule has 0 bridgehead atoms. The van der Waals surface area contributed by atoms with E-state index in [1.54, 1.807) is 18.0 Å². The van der Waals surface area contributed by atoms with Gasteiger partial charge in [0.1, 0.15) is 12.1 Å². The molecule has 0 saturated heterocycles. The minimum Gasteiger partial charge on any atom is -0.481 e. The van der Waals surface area contributed by atoms with E-state index in [2.05, 4.69) is 22.1 Å². The van der Waals surface area contributed by atoms with Gasteiger partial charge in [0, 0.05) is 36.0 Å². The molecule has 0 fully saturated rings. The summed E-state index contributed by atoms with van der Waals surface area (Å²) >= 11 is 0. The Labute approximate surface area is 157 Å². The number of ether oxygens (including phenoxy) is 1. The minimum absolute atomic E-state index is 0.541. The minimum atomic E-state index is 0.541. The molecule has 27 heavy (non-hydrogen) atoms. The Bertz CT molecular complexity index is 1040. The van der Waals surface area contributed by atoms with Gasteiger partial charge in [0.05, 0.1) is 7.11 Å². The molecule has 6 heteroatoms. The molecule has 0 radical (unpaired) electrons. The Balaban J connectivity index is 1.74. The van der Waals surface area contributed by atoms with E-state index in [4.69, 9.17) is 14.6 Å². The topological polar surface area (TPSA) is 62.1 Å². The summed E-state index contributed by atoms with van der Waals surface area (Å²) in [6.07, 6.45) is 4.26. The number of rotatable bonds is 6. The van der Waals surface area contributed by atoms with Crippen molar-refractivity contribution in [3.05, 3.63) is 72.3 Å².